The summed E-state index contributed by atoms with van der Waals surface area (Å²) >= 11 is 5.50. The average Bonchev–Trinajstić information content (AvgIpc) is 2.85. The zero-order valence-corrected chi connectivity index (χ0v) is 19.9. The van der Waals surface area contributed by atoms with Crippen molar-refractivity contribution in [2.45, 2.75) is 18.9 Å². The Morgan fingerprint density at radius 2 is 1.73 bits per heavy atom. The SMILES string of the molecule is Fc1ccc(N2CCN(C[C@H]3CN4CC[C@@H]3C[C@@H]4CNC(=S)Nc3ccccc3)CC2)cc1. The maximum absolute atomic E-state index is 13.2. The van der Waals surface area contributed by atoms with Crippen LogP contribution in [0, 0.1) is 17.7 Å². The molecule has 4 heterocycles. The number of anilines is 2. The number of fused-ring (bicyclic) bond motifs is 3. The second-order valence-electron chi connectivity index (χ2n) is 9.66. The fourth-order valence-electron chi connectivity index (χ4n) is 5.75. The molecule has 0 spiro atoms. The number of benzene rings is 2. The van der Waals surface area contributed by atoms with Crippen LogP contribution in [0.15, 0.2) is 54.6 Å². The Morgan fingerprint density at radius 1 is 0.970 bits per heavy atom. The summed E-state index contributed by atoms with van der Waals surface area (Å²) in [6, 6.07) is 17.6. The molecule has 4 aliphatic rings. The van der Waals surface area contributed by atoms with Crippen molar-refractivity contribution in [3.8, 4) is 0 Å². The van der Waals surface area contributed by atoms with Crippen LogP contribution in [0.5, 0.6) is 0 Å². The standard InChI is InChI=1S/C26H34FN5S/c27-22-6-8-24(9-7-22)31-14-12-30(13-15-31)18-21-19-32-11-10-20(21)16-25(32)17-28-26(33)29-23-4-2-1-3-5-23/h1-9,20-21,25H,10-19H2,(H2,28,29,33)/t20-,21+,25-/m1/s1. The lowest BCUT2D eigenvalue weighted by molar-refractivity contribution is -0.0110. The van der Waals surface area contributed by atoms with Gasteiger partial charge in [-0.1, -0.05) is 18.2 Å². The number of halogens is 1. The summed E-state index contributed by atoms with van der Waals surface area (Å²) in [5.41, 5.74) is 2.16. The molecule has 0 aliphatic carbocycles. The molecule has 176 valence electrons. The van der Waals surface area contributed by atoms with Crippen LogP contribution in [0.25, 0.3) is 0 Å². The van der Waals surface area contributed by atoms with E-state index in [1.165, 1.54) is 32.5 Å². The van der Waals surface area contributed by atoms with Crippen molar-refractivity contribution >= 4 is 28.7 Å². The van der Waals surface area contributed by atoms with Crippen LogP contribution < -0.4 is 15.5 Å². The van der Waals surface area contributed by atoms with E-state index in [1.54, 1.807) is 12.1 Å². The van der Waals surface area contributed by atoms with Crippen molar-refractivity contribution in [1.82, 2.24) is 15.1 Å². The number of piperidine rings is 3. The third-order valence-electron chi connectivity index (χ3n) is 7.60. The minimum atomic E-state index is -0.164. The normalized spacial score (nSPS) is 27.4. The fourth-order valence-corrected chi connectivity index (χ4v) is 5.95. The molecule has 4 aliphatic heterocycles. The van der Waals surface area contributed by atoms with E-state index < -0.39 is 0 Å². The molecule has 0 amide bonds. The van der Waals surface area contributed by atoms with Crippen molar-refractivity contribution in [1.29, 1.82) is 0 Å². The van der Waals surface area contributed by atoms with Crippen molar-refractivity contribution in [2.75, 3.05) is 62.6 Å². The molecular formula is C26H34FN5S. The Kier molecular flexibility index (Phi) is 7.09. The van der Waals surface area contributed by atoms with E-state index in [1.807, 2.05) is 42.5 Å². The Bertz CT molecular complexity index is 916. The van der Waals surface area contributed by atoms with Crippen LogP contribution in [0.2, 0.25) is 0 Å². The highest BCUT2D eigenvalue weighted by Crippen LogP contribution is 2.36. The highest BCUT2D eigenvalue weighted by Gasteiger charge is 2.40. The van der Waals surface area contributed by atoms with Crippen LogP contribution in [0.1, 0.15) is 12.8 Å². The van der Waals surface area contributed by atoms with Gasteiger partial charge in [0.1, 0.15) is 5.82 Å². The van der Waals surface area contributed by atoms with E-state index in [0.29, 0.717) is 11.2 Å². The number of rotatable bonds is 6. The molecule has 2 bridgehead atoms. The van der Waals surface area contributed by atoms with Gasteiger partial charge in [-0.25, -0.2) is 4.39 Å². The number of nitrogens with zero attached hydrogens (tertiary/aromatic N) is 3. The summed E-state index contributed by atoms with van der Waals surface area (Å²) in [6.45, 7) is 8.75. The van der Waals surface area contributed by atoms with Gasteiger partial charge >= 0.3 is 0 Å². The topological polar surface area (TPSA) is 33.8 Å². The summed E-state index contributed by atoms with van der Waals surface area (Å²) in [5.74, 6) is 1.41. The Labute approximate surface area is 201 Å². The lowest BCUT2D eigenvalue weighted by atomic mass is 9.75. The van der Waals surface area contributed by atoms with Gasteiger partial charge in [0.15, 0.2) is 5.11 Å². The minimum absolute atomic E-state index is 0.164. The molecular weight excluding hydrogens is 433 g/mol. The monoisotopic (exact) mass is 467 g/mol. The third-order valence-corrected chi connectivity index (χ3v) is 7.85. The molecule has 1 unspecified atom stereocenters. The zero-order valence-electron chi connectivity index (χ0n) is 19.1. The summed E-state index contributed by atoms with van der Waals surface area (Å²) in [7, 11) is 0. The first-order valence-electron chi connectivity index (χ1n) is 12.2. The molecule has 0 saturated carbocycles. The first-order valence-corrected chi connectivity index (χ1v) is 12.6. The average molecular weight is 468 g/mol. The van der Waals surface area contributed by atoms with Gasteiger partial charge in [-0.05, 0) is 79.8 Å². The number of hydrogen-bond acceptors (Lipinski definition) is 4. The van der Waals surface area contributed by atoms with Crippen LogP contribution in [0.3, 0.4) is 0 Å². The Morgan fingerprint density at radius 3 is 2.42 bits per heavy atom. The van der Waals surface area contributed by atoms with E-state index in [9.17, 15) is 4.39 Å². The molecule has 2 aromatic carbocycles. The largest absolute Gasteiger partial charge is 0.369 e. The summed E-state index contributed by atoms with van der Waals surface area (Å²) < 4.78 is 13.2. The second kappa shape index (κ2) is 10.4. The molecule has 2 aromatic rings. The first-order chi connectivity index (χ1) is 16.1. The molecule has 4 saturated heterocycles. The van der Waals surface area contributed by atoms with Crippen molar-refractivity contribution in [2.24, 2.45) is 11.8 Å². The molecule has 33 heavy (non-hydrogen) atoms. The number of para-hydroxylation sites is 1. The van der Waals surface area contributed by atoms with Crippen LogP contribution >= 0.6 is 12.2 Å². The highest BCUT2D eigenvalue weighted by atomic mass is 32.1. The molecule has 6 rings (SSSR count). The van der Waals surface area contributed by atoms with Gasteiger partial charge < -0.3 is 15.5 Å². The van der Waals surface area contributed by atoms with Gasteiger partial charge in [0.05, 0.1) is 0 Å². The van der Waals surface area contributed by atoms with Gasteiger partial charge in [0.2, 0.25) is 0 Å². The molecule has 2 N–H and O–H groups in total. The maximum atomic E-state index is 13.2. The summed E-state index contributed by atoms with van der Waals surface area (Å²) in [6.07, 6.45) is 2.59. The summed E-state index contributed by atoms with van der Waals surface area (Å²) in [5, 5.41) is 7.43. The van der Waals surface area contributed by atoms with E-state index in [0.717, 1.165) is 55.9 Å². The van der Waals surface area contributed by atoms with Crippen LogP contribution in [0.4, 0.5) is 15.8 Å². The third kappa shape index (κ3) is 5.65. The smallest absolute Gasteiger partial charge is 0.170 e. The fraction of sp³-hybridized carbons (Fsp3) is 0.500. The molecule has 0 radical (unpaired) electrons. The van der Waals surface area contributed by atoms with Gasteiger partial charge in [-0.15, -0.1) is 0 Å². The number of piperazine rings is 1. The highest BCUT2D eigenvalue weighted by molar-refractivity contribution is 7.80. The molecule has 4 atom stereocenters. The zero-order chi connectivity index (χ0) is 22.6. The van der Waals surface area contributed by atoms with Crippen molar-refractivity contribution in [3.05, 3.63) is 60.4 Å². The molecule has 4 fully saturated rings. The first kappa shape index (κ1) is 22.6. The van der Waals surface area contributed by atoms with Gasteiger partial charge in [0.25, 0.3) is 0 Å². The molecule has 7 heteroatoms. The van der Waals surface area contributed by atoms with Gasteiger partial charge in [0, 0.05) is 63.2 Å². The van der Waals surface area contributed by atoms with Gasteiger partial charge in [-0.3, -0.25) is 9.80 Å². The van der Waals surface area contributed by atoms with E-state index in [2.05, 4.69) is 25.3 Å². The lowest BCUT2D eigenvalue weighted by Crippen LogP contribution is -2.59. The lowest BCUT2D eigenvalue weighted by Gasteiger charge is -2.51. The quantitative estimate of drug-likeness (QED) is 0.632. The predicted octanol–water partition coefficient (Wildman–Crippen LogP) is 3.64. The van der Waals surface area contributed by atoms with Crippen LogP contribution in [-0.2, 0) is 0 Å². The number of thiocarbonyl (C=S) groups is 1. The summed E-state index contributed by atoms with van der Waals surface area (Å²) in [4.78, 5) is 7.69. The van der Waals surface area contributed by atoms with E-state index >= 15 is 0 Å². The Balaban J connectivity index is 1.06. The predicted molar refractivity (Wildman–Crippen MR) is 137 cm³/mol. The number of hydrogen-bond donors (Lipinski definition) is 2. The van der Waals surface area contributed by atoms with Crippen molar-refractivity contribution < 1.29 is 4.39 Å². The number of nitrogens with one attached hydrogen (secondary N) is 2. The molecule has 0 aromatic heterocycles. The van der Waals surface area contributed by atoms with Gasteiger partial charge in [-0.2, -0.15) is 0 Å². The maximum Gasteiger partial charge on any atom is 0.170 e. The molecule has 5 nitrogen and oxygen atoms in total. The Hall–Kier alpha value is -2.22. The van der Waals surface area contributed by atoms with Crippen molar-refractivity contribution in [3.63, 3.8) is 0 Å². The minimum Gasteiger partial charge on any atom is -0.369 e. The van der Waals surface area contributed by atoms with E-state index in [-0.39, 0.29) is 5.82 Å². The van der Waals surface area contributed by atoms with Crippen LogP contribution in [-0.4, -0.2) is 73.3 Å². The second-order valence-corrected chi connectivity index (χ2v) is 10.1. The van der Waals surface area contributed by atoms with E-state index in [4.69, 9.17) is 12.2 Å².